The van der Waals surface area contributed by atoms with E-state index >= 15 is 0 Å². The van der Waals surface area contributed by atoms with Crippen LogP contribution in [0.2, 0.25) is 0 Å². The van der Waals surface area contributed by atoms with Crippen LogP contribution in [0.25, 0.3) is 11.3 Å². The Morgan fingerprint density at radius 2 is 1.61 bits per heavy atom. The lowest BCUT2D eigenvalue weighted by atomic mass is 10.1. The van der Waals surface area contributed by atoms with E-state index in [9.17, 15) is 4.79 Å². The summed E-state index contributed by atoms with van der Waals surface area (Å²) in [6.07, 6.45) is 1.79. The summed E-state index contributed by atoms with van der Waals surface area (Å²) in [5.74, 6) is 1.71. The van der Waals surface area contributed by atoms with Gasteiger partial charge in [-0.1, -0.05) is 42.5 Å². The first kappa shape index (κ1) is 20.2. The Balaban J connectivity index is 1.49. The first-order chi connectivity index (χ1) is 15.1. The number of anilines is 1. The van der Waals surface area contributed by atoms with Gasteiger partial charge in [0.15, 0.2) is 11.5 Å². The fourth-order valence-corrected chi connectivity index (χ4v) is 3.19. The van der Waals surface area contributed by atoms with E-state index in [0.717, 1.165) is 11.3 Å². The Labute approximate surface area is 181 Å². The van der Waals surface area contributed by atoms with Gasteiger partial charge in [-0.2, -0.15) is 5.10 Å². The minimum absolute atomic E-state index is 0.216. The first-order valence-electron chi connectivity index (χ1n) is 10.0. The van der Waals surface area contributed by atoms with E-state index in [1.807, 2.05) is 68.6 Å². The smallest absolute Gasteiger partial charge is 0.255 e. The topological polar surface area (TPSA) is 65.4 Å². The Morgan fingerprint density at radius 1 is 0.935 bits per heavy atom. The third kappa shape index (κ3) is 4.75. The van der Waals surface area contributed by atoms with E-state index in [-0.39, 0.29) is 5.91 Å². The van der Waals surface area contributed by atoms with Crippen LogP contribution in [0.5, 0.6) is 17.2 Å². The summed E-state index contributed by atoms with van der Waals surface area (Å²) < 4.78 is 13.2. The molecule has 0 bridgehead atoms. The number of benzene rings is 3. The zero-order valence-electron chi connectivity index (χ0n) is 17.4. The Kier molecular flexibility index (Phi) is 5.98. The fraction of sp³-hybridized carbons (Fsp3) is 0.120. The molecule has 1 heterocycles. The maximum absolute atomic E-state index is 12.8. The Bertz CT molecular complexity index is 1170. The summed E-state index contributed by atoms with van der Waals surface area (Å²) in [7, 11) is 1.83. The highest BCUT2D eigenvalue weighted by Gasteiger charge is 2.14. The molecule has 0 aliphatic carbocycles. The number of hydrogen-bond donors (Lipinski definition) is 1. The Morgan fingerprint density at radius 3 is 2.32 bits per heavy atom. The van der Waals surface area contributed by atoms with Crippen LogP contribution in [0.1, 0.15) is 17.3 Å². The van der Waals surface area contributed by atoms with E-state index in [4.69, 9.17) is 9.47 Å². The molecule has 0 saturated carbocycles. The van der Waals surface area contributed by atoms with Crippen LogP contribution in [-0.2, 0) is 7.05 Å². The lowest BCUT2D eigenvalue weighted by molar-refractivity contribution is 0.102. The molecule has 1 N–H and O–H groups in total. The number of carbonyl (C=O) groups is 1. The molecular formula is C25H23N3O3. The minimum atomic E-state index is -0.216. The lowest BCUT2D eigenvalue weighted by Crippen LogP contribution is -2.12. The molecule has 3 aromatic carbocycles. The van der Waals surface area contributed by atoms with Crippen LogP contribution < -0.4 is 14.8 Å². The molecule has 0 atom stereocenters. The van der Waals surface area contributed by atoms with Crippen LogP contribution in [0.3, 0.4) is 0 Å². The molecule has 31 heavy (non-hydrogen) atoms. The molecule has 6 nitrogen and oxygen atoms in total. The van der Waals surface area contributed by atoms with Crippen molar-refractivity contribution >= 4 is 11.6 Å². The molecule has 156 valence electrons. The van der Waals surface area contributed by atoms with Crippen molar-refractivity contribution in [3.8, 4) is 28.5 Å². The second kappa shape index (κ2) is 9.17. The van der Waals surface area contributed by atoms with Crippen molar-refractivity contribution in [1.82, 2.24) is 9.78 Å². The largest absolute Gasteiger partial charge is 0.490 e. The zero-order valence-corrected chi connectivity index (χ0v) is 17.4. The van der Waals surface area contributed by atoms with E-state index in [1.165, 1.54) is 0 Å². The van der Waals surface area contributed by atoms with Gasteiger partial charge in [0.05, 0.1) is 12.3 Å². The number of nitrogens with zero attached hydrogens (tertiary/aromatic N) is 2. The maximum Gasteiger partial charge on any atom is 0.255 e. The molecule has 4 aromatic rings. The molecular weight excluding hydrogens is 390 g/mol. The number of hydrogen-bond acceptors (Lipinski definition) is 4. The van der Waals surface area contributed by atoms with Crippen molar-refractivity contribution in [2.75, 3.05) is 11.9 Å². The van der Waals surface area contributed by atoms with Crippen LogP contribution in [0.15, 0.2) is 85.1 Å². The lowest BCUT2D eigenvalue weighted by Gasteiger charge is -2.11. The van der Waals surface area contributed by atoms with Gasteiger partial charge in [-0.25, -0.2) is 0 Å². The van der Waals surface area contributed by atoms with Gasteiger partial charge >= 0.3 is 0 Å². The first-order valence-corrected chi connectivity index (χ1v) is 10.0. The molecule has 0 radical (unpaired) electrons. The number of para-hydroxylation sites is 2. The average molecular weight is 413 g/mol. The molecule has 0 unspecified atom stereocenters. The molecule has 0 aliphatic rings. The van der Waals surface area contributed by atoms with Gasteiger partial charge in [-0.15, -0.1) is 0 Å². The van der Waals surface area contributed by atoms with Crippen LogP contribution in [-0.4, -0.2) is 22.3 Å². The fourth-order valence-electron chi connectivity index (χ4n) is 3.19. The van der Waals surface area contributed by atoms with Crippen LogP contribution >= 0.6 is 0 Å². The second-order valence-corrected chi connectivity index (χ2v) is 6.89. The predicted octanol–water partition coefficient (Wildman–Crippen LogP) is 5.53. The van der Waals surface area contributed by atoms with E-state index in [2.05, 4.69) is 10.4 Å². The van der Waals surface area contributed by atoms with Crippen molar-refractivity contribution in [3.63, 3.8) is 0 Å². The zero-order chi connectivity index (χ0) is 21.6. The Hall–Kier alpha value is -4.06. The predicted molar refractivity (Wildman–Crippen MR) is 121 cm³/mol. The number of nitrogens with one attached hydrogen (secondary N) is 1. The van der Waals surface area contributed by atoms with Gasteiger partial charge in [0.2, 0.25) is 0 Å². The van der Waals surface area contributed by atoms with Crippen molar-refractivity contribution in [2.24, 2.45) is 7.05 Å². The third-order valence-electron chi connectivity index (χ3n) is 4.62. The molecule has 1 aromatic heterocycles. The summed E-state index contributed by atoms with van der Waals surface area (Å²) in [5, 5.41) is 7.44. The number of amides is 1. The second-order valence-electron chi connectivity index (χ2n) is 6.89. The number of aromatic nitrogens is 2. The van der Waals surface area contributed by atoms with Gasteiger partial charge in [-0.05, 0) is 43.3 Å². The van der Waals surface area contributed by atoms with Crippen LogP contribution in [0.4, 0.5) is 5.69 Å². The van der Waals surface area contributed by atoms with Crippen LogP contribution in [0, 0.1) is 0 Å². The monoisotopic (exact) mass is 413 g/mol. The number of carbonyl (C=O) groups excluding carboxylic acids is 1. The highest BCUT2D eigenvalue weighted by molar-refractivity contribution is 6.06. The molecule has 1 amide bonds. The average Bonchev–Trinajstić information content (AvgIpc) is 3.16. The number of aryl methyl sites for hydroxylation is 1. The van der Waals surface area contributed by atoms with Crippen molar-refractivity contribution in [1.29, 1.82) is 0 Å². The molecule has 0 saturated heterocycles. The van der Waals surface area contributed by atoms with Crippen molar-refractivity contribution < 1.29 is 14.3 Å². The highest BCUT2D eigenvalue weighted by atomic mass is 16.5. The summed E-state index contributed by atoms with van der Waals surface area (Å²) in [6, 6.07) is 24.2. The molecule has 6 heteroatoms. The normalized spacial score (nSPS) is 10.5. The molecule has 4 rings (SSSR count). The van der Waals surface area contributed by atoms with E-state index in [1.54, 1.807) is 35.1 Å². The quantitative estimate of drug-likeness (QED) is 0.433. The molecule has 0 fully saturated rings. The third-order valence-corrected chi connectivity index (χ3v) is 4.62. The summed E-state index contributed by atoms with van der Waals surface area (Å²) in [6.45, 7) is 2.48. The standard InChI is InChI=1S/C25H23N3O3/c1-3-30-22-11-7-8-12-23(22)31-20-15-13-19(14-16-20)25(29)26-21-17-28(2)27-24(21)18-9-5-4-6-10-18/h4-17H,3H2,1-2H3,(H,26,29). The molecule has 0 spiro atoms. The SMILES string of the molecule is CCOc1ccccc1Oc1ccc(C(=O)Nc2cn(C)nc2-c2ccccc2)cc1. The van der Waals surface area contributed by atoms with E-state index < -0.39 is 0 Å². The summed E-state index contributed by atoms with van der Waals surface area (Å²) >= 11 is 0. The number of ether oxygens (including phenoxy) is 2. The molecule has 0 aliphatic heterocycles. The number of rotatable bonds is 7. The highest BCUT2D eigenvalue weighted by Crippen LogP contribution is 2.31. The van der Waals surface area contributed by atoms with Crippen molar-refractivity contribution in [3.05, 3.63) is 90.6 Å². The summed E-state index contributed by atoms with van der Waals surface area (Å²) in [5.41, 5.74) is 2.84. The minimum Gasteiger partial charge on any atom is -0.490 e. The van der Waals surface area contributed by atoms with E-state index in [0.29, 0.717) is 35.1 Å². The maximum atomic E-state index is 12.8. The summed E-state index contributed by atoms with van der Waals surface area (Å²) in [4.78, 5) is 12.8. The van der Waals surface area contributed by atoms with Gasteiger partial charge in [0.25, 0.3) is 5.91 Å². The van der Waals surface area contributed by atoms with Gasteiger partial charge in [0, 0.05) is 24.4 Å². The van der Waals surface area contributed by atoms with Crippen molar-refractivity contribution in [2.45, 2.75) is 6.92 Å². The van der Waals surface area contributed by atoms with Gasteiger partial charge in [-0.3, -0.25) is 9.48 Å². The van der Waals surface area contributed by atoms with Gasteiger partial charge in [0.1, 0.15) is 11.4 Å². The van der Waals surface area contributed by atoms with Gasteiger partial charge < -0.3 is 14.8 Å².